The Balaban J connectivity index is 2.12. The van der Waals surface area contributed by atoms with Gasteiger partial charge in [-0.2, -0.15) is 0 Å². The van der Waals surface area contributed by atoms with Gasteiger partial charge in [-0.3, -0.25) is 14.9 Å². The van der Waals surface area contributed by atoms with Gasteiger partial charge in [0.15, 0.2) is 5.76 Å². The summed E-state index contributed by atoms with van der Waals surface area (Å²) in [6.45, 7) is 1.94. The first-order valence-corrected chi connectivity index (χ1v) is 6.18. The molecule has 1 amide bonds. The molecular formula is C13H14N4O4. The Labute approximate surface area is 120 Å². The minimum absolute atomic E-state index is 0.152. The van der Waals surface area contributed by atoms with Crippen molar-refractivity contribution in [2.45, 2.75) is 13.5 Å². The molecule has 0 saturated carbocycles. The molecule has 2 rings (SSSR count). The Morgan fingerprint density at radius 2 is 2.19 bits per heavy atom. The van der Waals surface area contributed by atoms with Crippen LogP contribution in [0, 0.1) is 17.0 Å². The Morgan fingerprint density at radius 1 is 1.43 bits per heavy atom. The molecule has 0 saturated heterocycles. The Hall–Kier alpha value is -2.90. The van der Waals surface area contributed by atoms with Crippen LogP contribution in [0.4, 0.5) is 11.4 Å². The van der Waals surface area contributed by atoms with Crippen LogP contribution in [0.5, 0.6) is 0 Å². The van der Waals surface area contributed by atoms with E-state index in [1.165, 1.54) is 18.2 Å². The first kappa shape index (κ1) is 14.5. The molecule has 0 aliphatic rings. The number of nitrogens with zero attached hydrogens (tertiary/aromatic N) is 2. The number of nitrogens with one attached hydrogen (secondary N) is 2. The third-order valence-electron chi connectivity index (χ3n) is 2.83. The predicted octanol–water partition coefficient (Wildman–Crippen LogP) is 1.86. The van der Waals surface area contributed by atoms with Crippen molar-refractivity contribution >= 4 is 17.3 Å². The van der Waals surface area contributed by atoms with Crippen molar-refractivity contribution in [3.05, 3.63) is 51.4 Å². The number of benzene rings is 1. The van der Waals surface area contributed by atoms with Crippen LogP contribution in [-0.4, -0.2) is 23.0 Å². The van der Waals surface area contributed by atoms with Gasteiger partial charge in [-0.25, -0.2) is 0 Å². The van der Waals surface area contributed by atoms with E-state index in [-0.39, 0.29) is 17.8 Å². The van der Waals surface area contributed by atoms with Gasteiger partial charge < -0.3 is 15.2 Å². The second-order valence-corrected chi connectivity index (χ2v) is 4.36. The maximum Gasteiger partial charge on any atom is 0.293 e. The van der Waals surface area contributed by atoms with Gasteiger partial charge in [0.05, 0.1) is 17.2 Å². The molecule has 110 valence electrons. The fourth-order valence-corrected chi connectivity index (χ4v) is 1.80. The average molecular weight is 290 g/mol. The van der Waals surface area contributed by atoms with Gasteiger partial charge >= 0.3 is 0 Å². The zero-order valence-corrected chi connectivity index (χ0v) is 11.5. The normalized spacial score (nSPS) is 10.2. The van der Waals surface area contributed by atoms with Gasteiger partial charge in [0.25, 0.3) is 11.6 Å². The first-order valence-electron chi connectivity index (χ1n) is 6.18. The summed E-state index contributed by atoms with van der Waals surface area (Å²) in [4.78, 5) is 22.4. The topological polar surface area (TPSA) is 110 Å². The molecule has 1 heterocycles. The number of carbonyl (C=O) groups is 1. The van der Waals surface area contributed by atoms with E-state index in [0.717, 1.165) is 0 Å². The molecular weight excluding hydrogens is 276 g/mol. The van der Waals surface area contributed by atoms with Crippen LogP contribution >= 0.6 is 0 Å². The molecule has 0 aliphatic carbocycles. The lowest BCUT2D eigenvalue weighted by Crippen LogP contribution is -2.22. The van der Waals surface area contributed by atoms with Gasteiger partial charge in [-0.05, 0) is 19.1 Å². The Morgan fingerprint density at radius 3 is 2.76 bits per heavy atom. The van der Waals surface area contributed by atoms with E-state index in [2.05, 4.69) is 15.8 Å². The van der Waals surface area contributed by atoms with Crippen molar-refractivity contribution in [1.82, 2.24) is 10.5 Å². The standard InChI is InChI=1S/C13H14N4O4/c1-8-5-10(21-16-8)7-15-13(18)9-3-4-11(14-2)12(6-9)17(19)20/h3-6,14H,7H2,1-2H3,(H,15,18). The molecule has 2 N–H and O–H groups in total. The third-order valence-corrected chi connectivity index (χ3v) is 2.83. The van der Waals surface area contributed by atoms with Crippen molar-refractivity contribution in [1.29, 1.82) is 0 Å². The second-order valence-electron chi connectivity index (χ2n) is 4.36. The van der Waals surface area contributed by atoms with Crippen molar-refractivity contribution in [2.24, 2.45) is 0 Å². The molecule has 0 fully saturated rings. The molecule has 0 aliphatic heterocycles. The van der Waals surface area contributed by atoms with E-state index in [0.29, 0.717) is 17.1 Å². The summed E-state index contributed by atoms with van der Waals surface area (Å²) in [5.41, 5.74) is 1.12. The molecule has 21 heavy (non-hydrogen) atoms. The molecule has 8 heteroatoms. The number of aromatic nitrogens is 1. The number of amides is 1. The molecule has 0 spiro atoms. The summed E-state index contributed by atoms with van der Waals surface area (Å²) < 4.78 is 4.97. The molecule has 0 unspecified atom stereocenters. The SMILES string of the molecule is CNc1ccc(C(=O)NCc2cc(C)no2)cc1[N+](=O)[O-]. The maximum absolute atomic E-state index is 12.0. The van der Waals surface area contributed by atoms with E-state index in [1.807, 2.05) is 0 Å². The van der Waals surface area contributed by atoms with Gasteiger partial charge in [-0.15, -0.1) is 0 Å². The highest BCUT2D eigenvalue weighted by molar-refractivity contribution is 5.95. The van der Waals surface area contributed by atoms with Gasteiger partial charge in [0.1, 0.15) is 5.69 Å². The van der Waals surface area contributed by atoms with Gasteiger partial charge in [0, 0.05) is 24.7 Å². The Kier molecular flexibility index (Phi) is 4.17. The molecule has 1 aromatic carbocycles. The number of anilines is 1. The van der Waals surface area contributed by atoms with Crippen LogP contribution in [0.25, 0.3) is 0 Å². The van der Waals surface area contributed by atoms with Crippen LogP contribution in [0.3, 0.4) is 0 Å². The maximum atomic E-state index is 12.0. The predicted molar refractivity (Wildman–Crippen MR) is 75.1 cm³/mol. The number of hydrogen-bond donors (Lipinski definition) is 2. The highest BCUT2D eigenvalue weighted by Crippen LogP contribution is 2.24. The zero-order valence-electron chi connectivity index (χ0n) is 11.5. The number of hydrogen-bond acceptors (Lipinski definition) is 6. The largest absolute Gasteiger partial charge is 0.383 e. The summed E-state index contributed by atoms with van der Waals surface area (Å²) >= 11 is 0. The van der Waals surface area contributed by atoms with E-state index in [4.69, 9.17) is 4.52 Å². The van der Waals surface area contributed by atoms with Crippen LogP contribution < -0.4 is 10.6 Å². The van der Waals surface area contributed by atoms with E-state index in [9.17, 15) is 14.9 Å². The average Bonchev–Trinajstić information content (AvgIpc) is 2.89. The van der Waals surface area contributed by atoms with Gasteiger partial charge in [0.2, 0.25) is 0 Å². The van der Waals surface area contributed by atoms with E-state index >= 15 is 0 Å². The fraction of sp³-hybridized carbons (Fsp3) is 0.231. The number of rotatable bonds is 5. The van der Waals surface area contributed by atoms with Crippen molar-refractivity contribution in [3.8, 4) is 0 Å². The number of carbonyl (C=O) groups excluding carboxylic acids is 1. The molecule has 0 atom stereocenters. The smallest absolute Gasteiger partial charge is 0.293 e. The zero-order chi connectivity index (χ0) is 15.4. The minimum Gasteiger partial charge on any atom is -0.383 e. The number of nitro groups is 1. The van der Waals surface area contributed by atoms with Crippen molar-refractivity contribution in [3.63, 3.8) is 0 Å². The summed E-state index contributed by atoms with van der Waals surface area (Å²) in [6, 6.07) is 5.94. The molecule has 0 bridgehead atoms. The monoisotopic (exact) mass is 290 g/mol. The summed E-state index contributed by atoms with van der Waals surface area (Å²) in [5.74, 6) is 0.0944. The first-order chi connectivity index (χ1) is 10.0. The summed E-state index contributed by atoms with van der Waals surface area (Å²) in [5, 5.41) is 20.0. The number of nitro benzene ring substituents is 1. The van der Waals surface area contributed by atoms with Crippen LogP contribution in [0.2, 0.25) is 0 Å². The van der Waals surface area contributed by atoms with Crippen molar-refractivity contribution in [2.75, 3.05) is 12.4 Å². The van der Waals surface area contributed by atoms with Crippen molar-refractivity contribution < 1.29 is 14.2 Å². The minimum atomic E-state index is -0.539. The molecule has 1 aromatic heterocycles. The quantitative estimate of drug-likeness (QED) is 0.642. The lowest BCUT2D eigenvalue weighted by atomic mass is 10.1. The van der Waals surface area contributed by atoms with Crippen LogP contribution in [-0.2, 0) is 6.54 Å². The summed E-state index contributed by atoms with van der Waals surface area (Å²) in [6.07, 6.45) is 0. The van der Waals surface area contributed by atoms with Crippen LogP contribution in [0.15, 0.2) is 28.8 Å². The third kappa shape index (κ3) is 3.35. The van der Waals surface area contributed by atoms with E-state index < -0.39 is 10.8 Å². The number of aryl methyl sites for hydroxylation is 1. The molecule has 2 aromatic rings. The molecule has 0 radical (unpaired) electrons. The Bertz CT molecular complexity index is 681. The highest BCUT2D eigenvalue weighted by Gasteiger charge is 2.16. The lowest BCUT2D eigenvalue weighted by Gasteiger charge is -2.06. The lowest BCUT2D eigenvalue weighted by molar-refractivity contribution is -0.384. The highest BCUT2D eigenvalue weighted by atomic mass is 16.6. The fourth-order valence-electron chi connectivity index (χ4n) is 1.80. The second kappa shape index (κ2) is 6.04. The van der Waals surface area contributed by atoms with Crippen LogP contribution in [0.1, 0.15) is 21.8 Å². The molecule has 8 nitrogen and oxygen atoms in total. The van der Waals surface area contributed by atoms with Gasteiger partial charge in [-0.1, -0.05) is 5.16 Å². The summed E-state index contributed by atoms with van der Waals surface area (Å²) in [7, 11) is 1.58. The van der Waals surface area contributed by atoms with E-state index in [1.54, 1.807) is 20.0 Å².